The van der Waals surface area contributed by atoms with Crippen LogP contribution in [0.5, 0.6) is 11.5 Å². The van der Waals surface area contributed by atoms with Gasteiger partial charge in [0, 0.05) is 6.07 Å². The minimum absolute atomic E-state index is 0.00330. The minimum Gasteiger partial charge on any atom is -0.493 e. The zero-order chi connectivity index (χ0) is 13.0. The van der Waals surface area contributed by atoms with Crippen LogP contribution in [0.3, 0.4) is 0 Å². The molecule has 0 fully saturated rings. The number of carbonyl (C=O) groups is 1. The fraction of sp³-hybridized carbons (Fsp3) is 0.300. The lowest BCUT2D eigenvalue weighted by Gasteiger charge is -2.09. The Hall–Kier alpha value is -1.63. The Morgan fingerprint density at radius 2 is 1.88 bits per heavy atom. The Balaban J connectivity index is 3.45. The molecule has 0 saturated carbocycles. The van der Waals surface area contributed by atoms with Gasteiger partial charge in [-0.15, -0.1) is 0 Å². The molecule has 0 aliphatic heterocycles. The summed E-state index contributed by atoms with van der Waals surface area (Å²) >= 11 is 2.97. The molecule has 0 heterocycles. The molecule has 1 aromatic rings. The average Bonchev–Trinajstić information content (AvgIpc) is 2.35. The van der Waals surface area contributed by atoms with Crippen molar-refractivity contribution in [2.24, 2.45) is 0 Å². The van der Waals surface area contributed by atoms with Gasteiger partial charge in [-0.05, 0) is 0 Å². The van der Waals surface area contributed by atoms with Crippen LogP contribution in [-0.4, -0.2) is 30.3 Å². The van der Waals surface area contributed by atoms with E-state index in [1.165, 1.54) is 26.4 Å². The largest absolute Gasteiger partial charge is 0.493 e. The molecule has 6 nitrogen and oxygen atoms in total. The lowest BCUT2D eigenvalue weighted by atomic mass is 10.1. The van der Waals surface area contributed by atoms with Crippen LogP contribution in [-0.2, 0) is 0 Å². The summed E-state index contributed by atoms with van der Waals surface area (Å²) in [5.41, 5.74) is -0.309. The van der Waals surface area contributed by atoms with Crippen LogP contribution in [0.15, 0.2) is 12.1 Å². The minimum atomic E-state index is -0.627. The van der Waals surface area contributed by atoms with E-state index in [4.69, 9.17) is 9.47 Å². The summed E-state index contributed by atoms with van der Waals surface area (Å²) < 4.78 is 9.93. The molecule has 1 rings (SSSR count). The molecule has 0 aliphatic carbocycles. The second kappa shape index (κ2) is 5.62. The van der Waals surface area contributed by atoms with Crippen molar-refractivity contribution in [1.82, 2.24) is 0 Å². The number of nitrogens with zero attached hydrogens (tertiary/aromatic N) is 1. The lowest BCUT2D eigenvalue weighted by molar-refractivity contribution is -0.385. The Kier molecular flexibility index (Phi) is 4.45. The number of nitro benzene ring substituents is 1. The first-order valence-corrected chi connectivity index (χ1v) is 5.66. The first-order chi connectivity index (χ1) is 8.04. The van der Waals surface area contributed by atoms with Crippen LogP contribution in [0, 0.1) is 10.1 Å². The fourth-order valence-corrected chi connectivity index (χ4v) is 1.62. The molecular formula is C10H10BrNO5. The number of ketones is 1. The smallest absolute Gasteiger partial charge is 0.284 e. The van der Waals surface area contributed by atoms with Gasteiger partial charge in [-0.25, -0.2) is 0 Å². The molecule has 0 N–H and O–H groups in total. The third kappa shape index (κ3) is 2.73. The number of carbonyl (C=O) groups excluding carboxylic acids is 1. The topological polar surface area (TPSA) is 78.7 Å². The molecule has 0 aromatic heterocycles. The van der Waals surface area contributed by atoms with Gasteiger partial charge in [-0.1, -0.05) is 15.9 Å². The van der Waals surface area contributed by atoms with Gasteiger partial charge >= 0.3 is 0 Å². The third-order valence-corrected chi connectivity index (χ3v) is 2.63. The normalized spacial score (nSPS) is 9.82. The molecule has 1 aromatic carbocycles. The number of halogens is 1. The van der Waals surface area contributed by atoms with E-state index in [1.807, 2.05) is 0 Å². The van der Waals surface area contributed by atoms with Crippen LogP contribution < -0.4 is 9.47 Å². The molecule has 17 heavy (non-hydrogen) atoms. The molecule has 0 amide bonds. The predicted octanol–water partition coefficient (Wildman–Crippen LogP) is 2.19. The number of alkyl halides is 1. The maximum Gasteiger partial charge on any atom is 0.284 e. The van der Waals surface area contributed by atoms with Gasteiger partial charge in [-0.2, -0.15) is 0 Å². The van der Waals surface area contributed by atoms with Crippen LogP contribution in [0.4, 0.5) is 5.69 Å². The molecule has 0 spiro atoms. The second-order valence-corrected chi connectivity index (χ2v) is 3.60. The molecule has 7 heteroatoms. The SMILES string of the molecule is COc1cc(C(=O)CBr)c([N+](=O)[O-])cc1OC. The molecule has 0 radical (unpaired) electrons. The van der Waals surface area contributed by atoms with Gasteiger partial charge in [0.25, 0.3) is 5.69 Å². The van der Waals surface area contributed by atoms with Crippen molar-refractivity contribution < 1.29 is 19.2 Å². The van der Waals surface area contributed by atoms with E-state index in [0.717, 1.165) is 0 Å². The second-order valence-electron chi connectivity index (χ2n) is 3.04. The van der Waals surface area contributed by atoms with Gasteiger partial charge in [-0.3, -0.25) is 14.9 Å². The average molecular weight is 304 g/mol. The van der Waals surface area contributed by atoms with E-state index in [1.54, 1.807) is 0 Å². The number of Topliss-reactive ketones (excluding diaryl/α,β-unsaturated/α-hetero) is 1. The lowest BCUT2D eigenvalue weighted by Crippen LogP contribution is -2.06. The van der Waals surface area contributed by atoms with Crippen molar-refractivity contribution >= 4 is 27.4 Å². The quantitative estimate of drug-likeness (QED) is 0.360. The number of hydrogen-bond acceptors (Lipinski definition) is 5. The van der Waals surface area contributed by atoms with Gasteiger partial charge in [0.2, 0.25) is 0 Å². The number of rotatable bonds is 5. The van der Waals surface area contributed by atoms with Gasteiger partial charge in [0.1, 0.15) is 5.56 Å². The van der Waals surface area contributed by atoms with Crippen molar-refractivity contribution in [3.05, 3.63) is 27.8 Å². The number of hydrogen-bond donors (Lipinski definition) is 0. The summed E-state index contributed by atoms with van der Waals surface area (Å²) in [4.78, 5) is 21.8. The molecular weight excluding hydrogens is 294 g/mol. The van der Waals surface area contributed by atoms with Gasteiger partial charge in [0.15, 0.2) is 17.3 Å². The van der Waals surface area contributed by atoms with E-state index in [-0.39, 0.29) is 28.1 Å². The first-order valence-electron chi connectivity index (χ1n) is 4.54. The zero-order valence-electron chi connectivity index (χ0n) is 9.23. The first kappa shape index (κ1) is 13.4. The molecule has 0 unspecified atom stereocenters. The monoisotopic (exact) mass is 303 g/mol. The summed E-state index contributed by atoms with van der Waals surface area (Å²) in [6.07, 6.45) is 0. The number of nitro groups is 1. The summed E-state index contributed by atoms with van der Waals surface area (Å²) in [6.45, 7) is 0. The highest BCUT2D eigenvalue weighted by Gasteiger charge is 2.23. The molecule has 0 saturated heterocycles. The number of methoxy groups -OCH3 is 2. The van der Waals surface area contributed by atoms with Crippen LogP contribution in [0.25, 0.3) is 0 Å². The molecule has 0 aliphatic rings. The van der Waals surface area contributed by atoms with Gasteiger partial charge in [0.05, 0.1) is 30.5 Å². The van der Waals surface area contributed by atoms with Crippen molar-refractivity contribution in [1.29, 1.82) is 0 Å². The maximum absolute atomic E-state index is 11.6. The Morgan fingerprint density at radius 3 is 2.29 bits per heavy atom. The fourth-order valence-electron chi connectivity index (χ4n) is 1.31. The zero-order valence-corrected chi connectivity index (χ0v) is 10.8. The number of benzene rings is 1. The van der Waals surface area contributed by atoms with Crippen molar-refractivity contribution in [3.8, 4) is 11.5 Å². The van der Waals surface area contributed by atoms with Gasteiger partial charge < -0.3 is 9.47 Å². The molecule has 0 bridgehead atoms. The maximum atomic E-state index is 11.6. The summed E-state index contributed by atoms with van der Waals surface area (Å²) in [5, 5.41) is 10.9. The predicted molar refractivity (Wildman–Crippen MR) is 64.3 cm³/mol. The molecule has 92 valence electrons. The highest BCUT2D eigenvalue weighted by atomic mass is 79.9. The van der Waals surface area contributed by atoms with E-state index in [2.05, 4.69) is 15.9 Å². The van der Waals surface area contributed by atoms with E-state index < -0.39 is 10.7 Å². The summed E-state index contributed by atoms with van der Waals surface area (Å²) in [6, 6.07) is 2.48. The van der Waals surface area contributed by atoms with E-state index in [9.17, 15) is 14.9 Å². The van der Waals surface area contributed by atoms with E-state index in [0.29, 0.717) is 0 Å². The van der Waals surface area contributed by atoms with Crippen molar-refractivity contribution in [2.45, 2.75) is 0 Å². The summed E-state index contributed by atoms with van der Waals surface area (Å²) in [5.74, 6) is 0.102. The van der Waals surface area contributed by atoms with Crippen LogP contribution in [0.2, 0.25) is 0 Å². The Bertz CT molecular complexity index is 460. The highest BCUT2D eigenvalue weighted by molar-refractivity contribution is 9.09. The van der Waals surface area contributed by atoms with Crippen LogP contribution >= 0.6 is 15.9 Å². The Morgan fingerprint density at radius 1 is 1.35 bits per heavy atom. The summed E-state index contributed by atoms with van der Waals surface area (Å²) in [7, 11) is 2.76. The molecule has 0 atom stereocenters. The highest BCUT2D eigenvalue weighted by Crippen LogP contribution is 2.34. The number of ether oxygens (including phenoxy) is 2. The van der Waals surface area contributed by atoms with Crippen LogP contribution in [0.1, 0.15) is 10.4 Å². The van der Waals surface area contributed by atoms with E-state index >= 15 is 0 Å². The van der Waals surface area contributed by atoms with Crippen molar-refractivity contribution in [2.75, 3.05) is 19.5 Å². The Labute approximate surface area is 106 Å². The third-order valence-electron chi connectivity index (χ3n) is 2.12. The standard InChI is InChI=1S/C10H10BrNO5/c1-16-9-3-6(8(13)5-11)7(12(14)15)4-10(9)17-2/h3-4H,5H2,1-2H3. The van der Waals surface area contributed by atoms with Crippen molar-refractivity contribution in [3.63, 3.8) is 0 Å².